The molecule has 0 bridgehead atoms. The number of carbonyl (C=O) groups is 2. The molecule has 2 N–H and O–H groups in total. The highest BCUT2D eigenvalue weighted by atomic mass is 32.2. The molecule has 3 saturated heterocycles. The number of rotatable bonds is 11. The van der Waals surface area contributed by atoms with Crippen molar-refractivity contribution in [1.29, 1.82) is 0 Å². The van der Waals surface area contributed by atoms with Gasteiger partial charge >= 0.3 is 11.9 Å². The van der Waals surface area contributed by atoms with E-state index in [0.29, 0.717) is 62.2 Å². The number of imide groups is 1. The molecule has 4 aliphatic rings. The van der Waals surface area contributed by atoms with E-state index in [1.54, 1.807) is 31.3 Å². The summed E-state index contributed by atoms with van der Waals surface area (Å²) in [5.74, 6) is -1.62. The van der Waals surface area contributed by atoms with Gasteiger partial charge in [-0.15, -0.1) is 0 Å². The highest BCUT2D eigenvalue weighted by molar-refractivity contribution is 7.92. The summed E-state index contributed by atoms with van der Waals surface area (Å²) in [4.78, 5) is 49.6. The van der Waals surface area contributed by atoms with E-state index in [-0.39, 0.29) is 52.0 Å². The normalized spacial score (nSPS) is 20.1. The summed E-state index contributed by atoms with van der Waals surface area (Å²) in [5.41, 5.74) is -0.577. The van der Waals surface area contributed by atoms with Crippen molar-refractivity contribution in [2.75, 3.05) is 49.5 Å². The number of benzene rings is 2. The van der Waals surface area contributed by atoms with Crippen molar-refractivity contribution in [3.05, 3.63) is 76.9 Å². The van der Waals surface area contributed by atoms with Gasteiger partial charge < -0.3 is 19.9 Å². The maximum Gasteiger partial charge on any atom is 0.419 e. The Balaban J connectivity index is 0.730. The first-order chi connectivity index (χ1) is 29.5. The number of hydrogen-bond acceptors (Lipinski definition) is 12. The van der Waals surface area contributed by atoms with E-state index in [4.69, 9.17) is 4.74 Å². The zero-order valence-electron chi connectivity index (χ0n) is 33.9. The lowest BCUT2D eigenvalue weighted by atomic mass is 9.63. The number of ether oxygens (including phenoxy) is 1. The molecule has 3 aliphatic heterocycles. The van der Waals surface area contributed by atoms with Gasteiger partial charge in [0.05, 0.1) is 46.0 Å². The van der Waals surface area contributed by atoms with E-state index in [9.17, 15) is 36.0 Å². The minimum Gasteiger partial charge on any atom is -0.373 e. The summed E-state index contributed by atoms with van der Waals surface area (Å²) in [6.07, 6.45) is 1.81. The highest BCUT2D eigenvalue weighted by Gasteiger charge is 2.51. The lowest BCUT2D eigenvalue weighted by Gasteiger charge is -2.51. The number of halogens is 4. The number of sulfone groups is 1. The van der Waals surface area contributed by atoms with Gasteiger partial charge in [-0.05, 0) is 87.0 Å². The SMILES string of the molecule is Cn1cc(-c2nc(Nc3ccc(S(=O)(=O)C4CC5(CCN(CCOC6CN(c7ccc8c(c7F)n(C)c(=O)n8C7CCC(=O)NC7=O)C6)CC5)C4)cc3)ncc2C(F)(F)F)cn1. The average Bonchev–Trinajstić information content (AvgIpc) is 3.75. The molecule has 9 rings (SSSR count). The number of aryl methyl sites for hydroxylation is 2. The molecule has 1 aliphatic carbocycles. The first kappa shape index (κ1) is 41.7. The van der Waals surface area contributed by atoms with Crippen LogP contribution in [0.1, 0.15) is 50.1 Å². The van der Waals surface area contributed by atoms with Crippen LogP contribution in [0.5, 0.6) is 0 Å². The number of amides is 2. The quantitative estimate of drug-likeness (QED) is 0.142. The Morgan fingerprint density at radius 3 is 2.39 bits per heavy atom. The second-order valence-corrected chi connectivity index (χ2v) is 19.0. The summed E-state index contributed by atoms with van der Waals surface area (Å²) in [7, 11) is -0.559. The first-order valence-electron chi connectivity index (χ1n) is 20.4. The standard InChI is InChI=1S/C41H44F4N10O6S/c1-51-21-24(19-47-51)35-29(41(43,44)45)20-46-38(50-35)48-25-3-5-27(6-4-25)62(59,60)28-17-40(18-28)11-13-53(14-12-40)15-16-61-26-22-54(23-26)30-7-8-31-36(34(30)42)52(2)39(58)55(31)32-9-10-33(56)49-37(32)57/h3-8,19-21,26,28,32H,9-18,22-23H2,1-2H3,(H,46,48,50)(H,49,56,57). The lowest BCUT2D eigenvalue weighted by molar-refractivity contribution is -0.138. The fourth-order valence-electron chi connectivity index (χ4n) is 9.23. The molecule has 2 aromatic carbocycles. The number of carbonyl (C=O) groups excluding carboxylic acids is 2. The van der Waals surface area contributed by atoms with Crippen LogP contribution in [0.15, 0.2) is 64.7 Å². The smallest absolute Gasteiger partial charge is 0.373 e. The maximum absolute atomic E-state index is 15.9. The van der Waals surface area contributed by atoms with E-state index in [0.717, 1.165) is 25.9 Å². The van der Waals surface area contributed by atoms with Gasteiger partial charge in [0.15, 0.2) is 15.7 Å². The zero-order chi connectivity index (χ0) is 43.7. The largest absolute Gasteiger partial charge is 0.419 e. The third-order valence-electron chi connectivity index (χ3n) is 12.8. The lowest BCUT2D eigenvalue weighted by Crippen LogP contribution is -2.54. The molecule has 1 saturated carbocycles. The Morgan fingerprint density at radius 1 is 1.00 bits per heavy atom. The Morgan fingerprint density at radius 2 is 1.73 bits per heavy atom. The van der Waals surface area contributed by atoms with Gasteiger partial charge in [0.25, 0.3) is 0 Å². The highest BCUT2D eigenvalue weighted by Crippen LogP contribution is 2.52. The van der Waals surface area contributed by atoms with Crippen LogP contribution in [0, 0.1) is 11.2 Å². The minimum atomic E-state index is -4.68. The van der Waals surface area contributed by atoms with Crippen LogP contribution in [0.3, 0.4) is 0 Å². The molecule has 21 heteroatoms. The van der Waals surface area contributed by atoms with Crippen LogP contribution in [0.25, 0.3) is 22.3 Å². The van der Waals surface area contributed by atoms with Gasteiger partial charge in [-0.1, -0.05) is 0 Å². The van der Waals surface area contributed by atoms with Gasteiger partial charge in [0.2, 0.25) is 17.8 Å². The zero-order valence-corrected chi connectivity index (χ0v) is 34.7. The second-order valence-electron chi connectivity index (χ2n) is 16.8. The summed E-state index contributed by atoms with van der Waals surface area (Å²) >= 11 is 0. The summed E-state index contributed by atoms with van der Waals surface area (Å²) in [6, 6.07) is 8.40. The molecular formula is C41H44F4N10O6S. The van der Waals surface area contributed by atoms with Gasteiger partial charge in [0.1, 0.15) is 17.1 Å². The number of alkyl halides is 3. The van der Waals surface area contributed by atoms with Gasteiger partial charge in [-0.2, -0.15) is 18.3 Å². The fraction of sp³-hybridized carbons (Fsp3) is 0.463. The van der Waals surface area contributed by atoms with E-state index in [1.165, 1.54) is 45.4 Å². The van der Waals surface area contributed by atoms with Crippen LogP contribution < -0.4 is 21.2 Å². The van der Waals surface area contributed by atoms with Gasteiger partial charge in [0, 0.05) is 63.8 Å². The third kappa shape index (κ3) is 7.63. The Labute approximate surface area is 352 Å². The molecule has 62 heavy (non-hydrogen) atoms. The molecule has 16 nitrogen and oxygen atoms in total. The van der Waals surface area contributed by atoms with E-state index >= 15 is 4.39 Å². The first-order valence-corrected chi connectivity index (χ1v) is 21.9. The Hall–Kier alpha value is -5.67. The number of nitrogens with zero attached hydrogens (tertiary/aromatic N) is 8. The molecule has 3 aromatic heterocycles. The molecule has 0 radical (unpaired) electrons. The van der Waals surface area contributed by atoms with E-state index < -0.39 is 56.2 Å². The number of imidazole rings is 1. The van der Waals surface area contributed by atoms with E-state index in [1.807, 2.05) is 4.90 Å². The average molecular weight is 881 g/mol. The van der Waals surface area contributed by atoms with Crippen molar-refractivity contribution in [2.24, 2.45) is 19.5 Å². The van der Waals surface area contributed by atoms with Crippen LogP contribution in [0.4, 0.5) is 34.9 Å². The molecule has 1 spiro atoms. The molecule has 328 valence electrons. The second kappa shape index (κ2) is 15.6. The molecule has 4 fully saturated rings. The molecule has 2 amide bonds. The van der Waals surface area contributed by atoms with E-state index in [2.05, 4.69) is 30.6 Å². The molecule has 1 unspecified atom stereocenters. The number of likely N-dealkylation sites (tertiary alicyclic amines) is 1. The van der Waals surface area contributed by atoms with Crippen molar-refractivity contribution >= 4 is 50.0 Å². The van der Waals surface area contributed by atoms with Crippen LogP contribution in [-0.4, -0.2) is 105 Å². The van der Waals surface area contributed by atoms with Crippen molar-refractivity contribution in [2.45, 2.75) is 67.0 Å². The number of anilines is 3. The summed E-state index contributed by atoms with van der Waals surface area (Å²) < 4.78 is 94.2. The van der Waals surface area contributed by atoms with Crippen LogP contribution >= 0.6 is 0 Å². The predicted octanol–water partition coefficient (Wildman–Crippen LogP) is 4.33. The molecule has 6 heterocycles. The Bertz CT molecular complexity index is 2730. The van der Waals surface area contributed by atoms with Crippen LogP contribution in [0.2, 0.25) is 0 Å². The van der Waals surface area contributed by atoms with Crippen molar-refractivity contribution < 1.29 is 40.3 Å². The Kier molecular flexibility index (Phi) is 10.5. The third-order valence-corrected chi connectivity index (χ3v) is 15.0. The predicted molar refractivity (Wildman–Crippen MR) is 218 cm³/mol. The van der Waals surface area contributed by atoms with Crippen molar-refractivity contribution in [3.8, 4) is 11.3 Å². The number of nitrogens with one attached hydrogen (secondary N) is 2. The molecule has 1 atom stereocenters. The monoisotopic (exact) mass is 880 g/mol. The number of aromatic nitrogens is 6. The summed E-state index contributed by atoms with van der Waals surface area (Å²) in [5, 5.41) is 8.58. The van der Waals surface area contributed by atoms with Gasteiger partial charge in [-0.3, -0.25) is 28.7 Å². The number of piperidine rings is 2. The van der Waals surface area contributed by atoms with Crippen molar-refractivity contribution in [3.63, 3.8) is 0 Å². The number of fused-ring (bicyclic) bond motifs is 1. The molecule has 5 aromatic rings. The maximum atomic E-state index is 15.9. The van der Waals surface area contributed by atoms with Gasteiger partial charge in [-0.25, -0.2) is 27.6 Å². The molecular weight excluding hydrogens is 837 g/mol. The minimum absolute atomic E-state index is 0.0333. The fourth-order valence-corrected chi connectivity index (χ4v) is 11.3. The summed E-state index contributed by atoms with van der Waals surface area (Å²) in [6.45, 7) is 3.81. The number of hydrogen-bond donors (Lipinski definition) is 2. The van der Waals surface area contributed by atoms with Crippen molar-refractivity contribution in [1.82, 2.24) is 39.1 Å². The van der Waals surface area contributed by atoms with Crippen LogP contribution in [-0.2, 0) is 44.4 Å². The topological polar surface area (TPSA) is 179 Å².